The average molecular weight is 169 g/mol. The molecule has 0 aliphatic carbocycles. The highest BCUT2D eigenvalue weighted by atomic mass is 16.3. The first-order valence-electron chi connectivity index (χ1n) is 4.62. The highest BCUT2D eigenvalue weighted by Gasteiger charge is 2.47. The third-order valence-electron chi connectivity index (χ3n) is 3.20. The van der Waals surface area contributed by atoms with Gasteiger partial charge in [0.05, 0.1) is 0 Å². The predicted molar refractivity (Wildman–Crippen MR) is 44.8 cm³/mol. The number of piperidine rings is 1. The molecule has 2 saturated heterocycles. The van der Waals surface area contributed by atoms with Crippen molar-refractivity contribution in [3.05, 3.63) is 0 Å². The number of rotatable bonds is 0. The van der Waals surface area contributed by atoms with Gasteiger partial charge in [0.25, 0.3) is 0 Å². The monoisotopic (exact) mass is 169 g/mol. The predicted octanol–water partition coefficient (Wildman–Crippen LogP) is 0.175. The Labute approximate surface area is 72.4 Å². The zero-order chi connectivity index (χ0) is 8.77. The lowest BCUT2D eigenvalue weighted by molar-refractivity contribution is -0.147. The highest BCUT2D eigenvalue weighted by Crippen LogP contribution is 2.32. The molecule has 2 atom stereocenters. The van der Waals surface area contributed by atoms with Gasteiger partial charge >= 0.3 is 0 Å². The first-order valence-corrected chi connectivity index (χ1v) is 4.62. The summed E-state index contributed by atoms with van der Waals surface area (Å²) in [7, 11) is 0. The smallest absolute Gasteiger partial charge is 0.166 e. The summed E-state index contributed by atoms with van der Waals surface area (Å²) in [4.78, 5) is 13.6. The number of Topliss-reactive ketones (excluding diaryl/α,β-unsaturated/α-hetero) is 1. The summed E-state index contributed by atoms with van der Waals surface area (Å²) >= 11 is 0. The molecule has 1 N–H and O–H groups in total. The Balaban J connectivity index is 2.23. The minimum atomic E-state index is -1.07. The number of carbonyl (C=O) groups is 1. The maximum atomic E-state index is 11.4. The largest absolute Gasteiger partial charge is 0.381 e. The van der Waals surface area contributed by atoms with Crippen LogP contribution in [0.5, 0.6) is 0 Å². The van der Waals surface area contributed by atoms with E-state index in [-0.39, 0.29) is 11.8 Å². The normalized spacial score (nSPS) is 43.2. The number of hydrogen-bond donors (Lipinski definition) is 1. The van der Waals surface area contributed by atoms with Crippen molar-refractivity contribution >= 4 is 5.78 Å². The molecule has 2 fully saturated rings. The van der Waals surface area contributed by atoms with E-state index < -0.39 is 5.60 Å². The van der Waals surface area contributed by atoms with Crippen molar-refractivity contribution in [3.8, 4) is 0 Å². The van der Waals surface area contributed by atoms with Gasteiger partial charge in [-0.2, -0.15) is 0 Å². The minimum absolute atomic E-state index is 0.0191. The molecular formula is C9H15NO2. The molecule has 3 heteroatoms. The number of carbonyl (C=O) groups excluding carboxylic acids is 1. The molecular weight excluding hydrogens is 154 g/mol. The molecule has 2 aliphatic rings. The van der Waals surface area contributed by atoms with Crippen molar-refractivity contribution in [2.24, 2.45) is 0 Å². The zero-order valence-corrected chi connectivity index (χ0v) is 7.42. The van der Waals surface area contributed by atoms with Crippen LogP contribution in [0.15, 0.2) is 0 Å². The quantitative estimate of drug-likeness (QED) is 0.562. The number of nitrogens with zero attached hydrogens (tertiary/aromatic N) is 1. The van der Waals surface area contributed by atoms with Crippen LogP contribution >= 0.6 is 0 Å². The number of aliphatic hydroxyl groups is 1. The van der Waals surface area contributed by atoms with E-state index >= 15 is 0 Å². The fourth-order valence-electron chi connectivity index (χ4n) is 2.41. The first-order chi connectivity index (χ1) is 5.62. The lowest BCUT2D eigenvalue weighted by Gasteiger charge is -2.39. The van der Waals surface area contributed by atoms with E-state index in [9.17, 15) is 9.90 Å². The Bertz CT molecular complexity index is 213. The number of hydrogen-bond acceptors (Lipinski definition) is 3. The molecule has 0 bridgehead atoms. The molecule has 0 amide bonds. The van der Waals surface area contributed by atoms with E-state index in [4.69, 9.17) is 0 Å². The van der Waals surface area contributed by atoms with Crippen LogP contribution in [-0.4, -0.2) is 40.5 Å². The average Bonchev–Trinajstić information content (AvgIpc) is 2.46. The summed E-state index contributed by atoms with van der Waals surface area (Å²) in [6.45, 7) is 3.56. The summed E-state index contributed by atoms with van der Waals surface area (Å²) in [6.07, 6.45) is 2.61. The van der Waals surface area contributed by atoms with Crippen LogP contribution in [-0.2, 0) is 4.79 Å². The van der Waals surface area contributed by atoms with Crippen LogP contribution in [0, 0.1) is 0 Å². The Hall–Kier alpha value is -0.410. The van der Waals surface area contributed by atoms with Crippen LogP contribution in [0.25, 0.3) is 0 Å². The van der Waals surface area contributed by atoms with Crippen molar-refractivity contribution in [2.75, 3.05) is 13.1 Å². The molecule has 0 aromatic heterocycles. The van der Waals surface area contributed by atoms with Gasteiger partial charge in [0.15, 0.2) is 5.78 Å². The van der Waals surface area contributed by atoms with Crippen LogP contribution < -0.4 is 0 Å². The topological polar surface area (TPSA) is 40.5 Å². The van der Waals surface area contributed by atoms with Crippen molar-refractivity contribution in [2.45, 2.75) is 37.8 Å². The molecule has 0 aromatic carbocycles. The van der Waals surface area contributed by atoms with Gasteiger partial charge in [-0.1, -0.05) is 0 Å². The summed E-state index contributed by atoms with van der Waals surface area (Å²) in [5.41, 5.74) is -1.07. The molecule has 12 heavy (non-hydrogen) atoms. The second-order valence-corrected chi connectivity index (χ2v) is 4.01. The van der Waals surface area contributed by atoms with Crippen LogP contribution in [0.2, 0.25) is 0 Å². The van der Waals surface area contributed by atoms with Crippen molar-refractivity contribution < 1.29 is 9.90 Å². The maximum absolute atomic E-state index is 11.4. The van der Waals surface area contributed by atoms with E-state index in [1.807, 2.05) is 0 Å². The highest BCUT2D eigenvalue weighted by molar-refractivity contribution is 5.88. The minimum Gasteiger partial charge on any atom is -0.381 e. The second-order valence-electron chi connectivity index (χ2n) is 4.01. The van der Waals surface area contributed by atoms with E-state index in [0.29, 0.717) is 6.42 Å². The summed E-state index contributed by atoms with van der Waals surface area (Å²) in [5, 5.41) is 9.92. The second kappa shape index (κ2) is 2.54. The molecule has 2 aliphatic heterocycles. The van der Waals surface area contributed by atoms with Crippen LogP contribution in [0.4, 0.5) is 0 Å². The van der Waals surface area contributed by atoms with Gasteiger partial charge in [-0.15, -0.1) is 0 Å². The van der Waals surface area contributed by atoms with Gasteiger partial charge in [-0.05, 0) is 26.3 Å². The lowest BCUT2D eigenvalue weighted by atomic mass is 9.85. The van der Waals surface area contributed by atoms with E-state index in [1.165, 1.54) is 0 Å². The van der Waals surface area contributed by atoms with Crippen LogP contribution in [0.1, 0.15) is 26.2 Å². The Morgan fingerprint density at radius 1 is 1.58 bits per heavy atom. The summed E-state index contributed by atoms with van der Waals surface area (Å²) < 4.78 is 0. The molecule has 0 radical (unpaired) electrons. The van der Waals surface area contributed by atoms with E-state index in [1.54, 1.807) is 6.92 Å². The molecule has 0 aromatic rings. The molecule has 2 heterocycles. The third kappa shape index (κ3) is 1.00. The Morgan fingerprint density at radius 3 is 3.08 bits per heavy atom. The van der Waals surface area contributed by atoms with Gasteiger partial charge in [-0.25, -0.2) is 0 Å². The summed E-state index contributed by atoms with van der Waals surface area (Å²) in [6, 6.07) is 0.0961. The zero-order valence-electron chi connectivity index (χ0n) is 7.42. The van der Waals surface area contributed by atoms with E-state index in [0.717, 1.165) is 25.9 Å². The molecule has 2 rings (SSSR count). The molecule has 0 unspecified atom stereocenters. The molecule has 0 saturated carbocycles. The maximum Gasteiger partial charge on any atom is 0.166 e. The Kier molecular flexibility index (Phi) is 1.73. The number of fused-ring (bicyclic) bond motifs is 1. The molecule has 3 nitrogen and oxygen atoms in total. The third-order valence-corrected chi connectivity index (χ3v) is 3.20. The van der Waals surface area contributed by atoms with Crippen LogP contribution in [0.3, 0.4) is 0 Å². The Morgan fingerprint density at radius 2 is 2.33 bits per heavy atom. The van der Waals surface area contributed by atoms with Crippen molar-refractivity contribution in [3.63, 3.8) is 0 Å². The van der Waals surface area contributed by atoms with Gasteiger partial charge in [-0.3, -0.25) is 9.69 Å². The van der Waals surface area contributed by atoms with Crippen molar-refractivity contribution in [1.29, 1.82) is 0 Å². The molecule has 68 valence electrons. The van der Waals surface area contributed by atoms with Gasteiger partial charge in [0.1, 0.15) is 5.60 Å². The first kappa shape index (κ1) is 8.20. The molecule has 0 spiro atoms. The standard InChI is InChI=1S/C9H15NO2/c1-9(12)7-3-2-5-10(7)6-4-8(9)11/h7,12H,2-6H2,1H3/t7-,9+/m0/s1. The van der Waals surface area contributed by atoms with Gasteiger partial charge < -0.3 is 5.11 Å². The van der Waals surface area contributed by atoms with Crippen molar-refractivity contribution in [1.82, 2.24) is 4.90 Å². The number of ketones is 1. The lowest BCUT2D eigenvalue weighted by Crippen LogP contribution is -2.57. The fraction of sp³-hybridized carbons (Fsp3) is 0.889. The van der Waals surface area contributed by atoms with Gasteiger partial charge in [0.2, 0.25) is 0 Å². The fourth-order valence-corrected chi connectivity index (χ4v) is 2.41. The summed E-state index contributed by atoms with van der Waals surface area (Å²) in [5.74, 6) is 0.0191. The van der Waals surface area contributed by atoms with E-state index in [2.05, 4.69) is 4.90 Å². The SMILES string of the molecule is C[C@]1(O)C(=O)CCN2CCC[C@H]21. The van der Waals surface area contributed by atoms with Gasteiger partial charge in [0, 0.05) is 19.0 Å².